The maximum Gasteiger partial charge on any atom is 0.161 e. The van der Waals surface area contributed by atoms with Crippen molar-refractivity contribution in [1.82, 2.24) is 19.9 Å². The van der Waals surface area contributed by atoms with Crippen molar-refractivity contribution in [2.75, 3.05) is 11.9 Å². The van der Waals surface area contributed by atoms with Gasteiger partial charge >= 0.3 is 0 Å². The Morgan fingerprint density at radius 3 is 2.72 bits per heavy atom. The van der Waals surface area contributed by atoms with Crippen molar-refractivity contribution in [3.63, 3.8) is 0 Å². The average Bonchev–Trinajstić information content (AvgIpc) is 3.01. The van der Waals surface area contributed by atoms with Crippen LogP contribution in [0.15, 0.2) is 30.6 Å². The van der Waals surface area contributed by atoms with Crippen LogP contribution < -0.4 is 4.90 Å². The summed E-state index contributed by atoms with van der Waals surface area (Å²) in [5.74, 6) is 1.71. The van der Waals surface area contributed by atoms with E-state index in [-0.39, 0.29) is 0 Å². The Balaban J connectivity index is 1.71. The van der Waals surface area contributed by atoms with E-state index in [1.54, 1.807) is 12.4 Å². The largest absolute Gasteiger partial charge is 0.352 e. The van der Waals surface area contributed by atoms with Gasteiger partial charge in [0.05, 0.1) is 21.6 Å². The van der Waals surface area contributed by atoms with Crippen molar-refractivity contribution >= 4 is 17.2 Å². The molecule has 1 aliphatic rings. The third-order valence-electron chi connectivity index (χ3n) is 4.64. The van der Waals surface area contributed by atoms with Gasteiger partial charge in [-0.15, -0.1) is 11.3 Å². The van der Waals surface area contributed by atoms with Crippen LogP contribution in [-0.2, 0) is 6.42 Å². The molecule has 25 heavy (non-hydrogen) atoms. The predicted octanol–water partition coefficient (Wildman–Crippen LogP) is 4.13. The average molecular weight is 351 g/mol. The fraction of sp³-hybridized carbons (Fsp3) is 0.368. The summed E-state index contributed by atoms with van der Waals surface area (Å²) in [6, 6.07) is 6.30. The maximum absolute atomic E-state index is 4.83. The Kier molecular flexibility index (Phi) is 4.21. The highest BCUT2D eigenvalue weighted by molar-refractivity contribution is 7.11. The number of hydrogen-bond acceptors (Lipinski definition) is 6. The Hall–Kier alpha value is -2.34. The van der Waals surface area contributed by atoms with Gasteiger partial charge < -0.3 is 4.90 Å². The summed E-state index contributed by atoms with van der Waals surface area (Å²) in [5, 5.41) is 1.15. The molecule has 0 spiro atoms. The molecule has 3 aromatic rings. The van der Waals surface area contributed by atoms with Gasteiger partial charge in [0.1, 0.15) is 5.82 Å². The molecule has 1 unspecified atom stereocenters. The SMILES string of the molecule is Cc1cc(N(C)C2CCCc3nc(C)sc32)nc(-c2ccncc2)n1. The van der Waals surface area contributed by atoms with Crippen LogP contribution in [0.4, 0.5) is 5.82 Å². The summed E-state index contributed by atoms with van der Waals surface area (Å²) in [6.07, 6.45) is 6.95. The zero-order chi connectivity index (χ0) is 17.4. The van der Waals surface area contributed by atoms with Crippen LogP contribution in [0.3, 0.4) is 0 Å². The number of thiazole rings is 1. The lowest BCUT2D eigenvalue weighted by molar-refractivity contribution is 0.545. The van der Waals surface area contributed by atoms with Gasteiger partial charge in [-0.05, 0) is 45.2 Å². The van der Waals surface area contributed by atoms with Crippen LogP contribution in [0.2, 0.25) is 0 Å². The molecule has 0 bridgehead atoms. The van der Waals surface area contributed by atoms with Gasteiger partial charge in [-0.25, -0.2) is 15.0 Å². The van der Waals surface area contributed by atoms with E-state index in [9.17, 15) is 0 Å². The van der Waals surface area contributed by atoms with E-state index in [4.69, 9.17) is 9.97 Å². The Morgan fingerprint density at radius 1 is 1.12 bits per heavy atom. The molecule has 128 valence electrons. The molecule has 0 amide bonds. The van der Waals surface area contributed by atoms with Crippen LogP contribution in [0.25, 0.3) is 11.4 Å². The molecule has 0 radical (unpaired) electrons. The molecule has 6 heteroatoms. The first-order valence-corrected chi connectivity index (χ1v) is 9.38. The first kappa shape index (κ1) is 16.1. The van der Waals surface area contributed by atoms with E-state index in [1.807, 2.05) is 30.4 Å². The van der Waals surface area contributed by atoms with Crippen LogP contribution >= 0.6 is 11.3 Å². The molecule has 1 aliphatic carbocycles. The lowest BCUT2D eigenvalue weighted by Crippen LogP contribution is -2.27. The van der Waals surface area contributed by atoms with Gasteiger partial charge in [0, 0.05) is 36.8 Å². The molecule has 0 N–H and O–H groups in total. The first-order chi connectivity index (χ1) is 12.1. The maximum atomic E-state index is 4.83. The number of aryl methyl sites for hydroxylation is 3. The molecule has 0 saturated heterocycles. The number of nitrogens with zero attached hydrogens (tertiary/aromatic N) is 5. The third kappa shape index (κ3) is 3.14. The fourth-order valence-corrected chi connectivity index (χ4v) is 4.56. The first-order valence-electron chi connectivity index (χ1n) is 8.57. The summed E-state index contributed by atoms with van der Waals surface area (Å²) < 4.78 is 0. The number of fused-ring (bicyclic) bond motifs is 1. The molecule has 0 fully saturated rings. The summed E-state index contributed by atoms with van der Waals surface area (Å²) >= 11 is 1.82. The van der Waals surface area contributed by atoms with Crippen LogP contribution in [0.5, 0.6) is 0 Å². The highest BCUT2D eigenvalue weighted by atomic mass is 32.1. The summed E-state index contributed by atoms with van der Waals surface area (Å²) in [4.78, 5) is 21.9. The summed E-state index contributed by atoms with van der Waals surface area (Å²) in [6.45, 7) is 4.11. The molecule has 3 aromatic heterocycles. The second kappa shape index (κ2) is 6.52. The van der Waals surface area contributed by atoms with Crippen molar-refractivity contribution in [3.8, 4) is 11.4 Å². The third-order valence-corrected chi connectivity index (χ3v) is 5.75. The second-order valence-electron chi connectivity index (χ2n) is 6.49. The minimum atomic E-state index is 0.342. The lowest BCUT2D eigenvalue weighted by atomic mass is 9.97. The molecule has 5 nitrogen and oxygen atoms in total. The summed E-state index contributed by atoms with van der Waals surface area (Å²) in [7, 11) is 2.13. The van der Waals surface area contributed by atoms with E-state index in [0.717, 1.165) is 40.7 Å². The van der Waals surface area contributed by atoms with E-state index in [2.05, 4.69) is 34.9 Å². The topological polar surface area (TPSA) is 54.8 Å². The number of anilines is 1. The monoisotopic (exact) mass is 351 g/mol. The van der Waals surface area contributed by atoms with E-state index in [0.29, 0.717) is 6.04 Å². The highest BCUT2D eigenvalue weighted by Gasteiger charge is 2.28. The van der Waals surface area contributed by atoms with Crippen molar-refractivity contribution in [1.29, 1.82) is 0 Å². The zero-order valence-corrected chi connectivity index (χ0v) is 15.5. The van der Waals surface area contributed by atoms with E-state index in [1.165, 1.54) is 17.0 Å². The molecule has 0 aromatic carbocycles. The number of rotatable bonds is 3. The second-order valence-corrected chi connectivity index (χ2v) is 7.72. The zero-order valence-electron chi connectivity index (χ0n) is 14.7. The number of hydrogen-bond donors (Lipinski definition) is 0. The van der Waals surface area contributed by atoms with E-state index < -0.39 is 0 Å². The Labute approximate surface area is 151 Å². The molecular weight excluding hydrogens is 330 g/mol. The van der Waals surface area contributed by atoms with Crippen molar-refractivity contribution in [2.24, 2.45) is 0 Å². The molecule has 4 rings (SSSR count). The van der Waals surface area contributed by atoms with Gasteiger partial charge in [0.25, 0.3) is 0 Å². The smallest absolute Gasteiger partial charge is 0.161 e. The van der Waals surface area contributed by atoms with E-state index >= 15 is 0 Å². The quantitative estimate of drug-likeness (QED) is 0.710. The van der Waals surface area contributed by atoms with Gasteiger partial charge in [-0.3, -0.25) is 4.98 Å². The predicted molar refractivity (Wildman–Crippen MR) is 101 cm³/mol. The van der Waals surface area contributed by atoms with Gasteiger partial charge in [0.2, 0.25) is 0 Å². The van der Waals surface area contributed by atoms with Gasteiger partial charge in [-0.1, -0.05) is 0 Å². The molecule has 1 atom stereocenters. The van der Waals surface area contributed by atoms with Gasteiger partial charge in [0.15, 0.2) is 5.82 Å². The molecule has 0 saturated carbocycles. The minimum Gasteiger partial charge on any atom is -0.352 e. The van der Waals surface area contributed by atoms with Crippen molar-refractivity contribution in [2.45, 2.75) is 39.2 Å². The van der Waals surface area contributed by atoms with Crippen molar-refractivity contribution < 1.29 is 0 Å². The molecule has 3 heterocycles. The minimum absolute atomic E-state index is 0.342. The Bertz CT molecular complexity index is 890. The van der Waals surface area contributed by atoms with Crippen LogP contribution in [-0.4, -0.2) is 27.0 Å². The van der Waals surface area contributed by atoms with Gasteiger partial charge in [-0.2, -0.15) is 0 Å². The van der Waals surface area contributed by atoms with Crippen LogP contribution in [0, 0.1) is 13.8 Å². The fourth-order valence-electron chi connectivity index (χ4n) is 3.41. The van der Waals surface area contributed by atoms with Crippen LogP contribution in [0.1, 0.15) is 40.2 Å². The van der Waals surface area contributed by atoms with Crippen molar-refractivity contribution in [3.05, 3.63) is 51.9 Å². The summed E-state index contributed by atoms with van der Waals surface area (Å²) in [5.41, 5.74) is 3.23. The lowest BCUT2D eigenvalue weighted by Gasteiger charge is -2.31. The normalized spacial score (nSPS) is 16.5. The number of pyridine rings is 1. The number of aromatic nitrogens is 4. The standard InChI is InChI=1S/C19H21N5S/c1-12-11-17(23-19(21-12)14-7-9-20-10-8-14)24(3)16-6-4-5-15-18(16)25-13(2)22-15/h7-11,16H,4-6H2,1-3H3. The molecular formula is C19H21N5S. The molecule has 0 aliphatic heterocycles. The Morgan fingerprint density at radius 2 is 1.92 bits per heavy atom. The highest BCUT2D eigenvalue weighted by Crippen LogP contribution is 2.39.